The maximum atomic E-state index is 11.7. The van der Waals surface area contributed by atoms with Crippen LogP contribution in [0.3, 0.4) is 0 Å². The van der Waals surface area contributed by atoms with Crippen LogP contribution >= 0.6 is 45.5 Å². The van der Waals surface area contributed by atoms with E-state index in [4.69, 9.17) is 11.6 Å². The third-order valence-corrected chi connectivity index (χ3v) is 4.16. The van der Waals surface area contributed by atoms with Crippen LogP contribution < -0.4 is 5.32 Å². The standard InChI is InChI=1S/C11H15ClINOS/c1-7(2)3-9(12)5-14-11(15)8-4-10(13)16-6-8/h4,6-7,9H,3,5H2,1-2H3,(H,14,15). The average Bonchev–Trinajstić information content (AvgIpc) is 2.60. The van der Waals surface area contributed by atoms with Crippen LogP contribution in [0.4, 0.5) is 0 Å². The maximum absolute atomic E-state index is 11.7. The number of carbonyl (C=O) groups excluding carboxylic acids is 1. The first-order chi connectivity index (χ1) is 7.49. The van der Waals surface area contributed by atoms with Crippen LogP contribution in [-0.2, 0) is 0 Å². The van der Waals surface area contributed by atoms with E-state index in [1.54, 1.807) is 11.3 Å². The number of carbonyl (C=O) groups is 1. The van der Waals surface area contributed by atoms with E-state index in [0.717, 1.165) is 14.9 Å². The molecule has 1 heterocycles. The molecule has 1 aromatic rings. The highest BCUT2D eigenvalue weighted by Gasteiger charge is 2.11. The lowest BCUT2D eigenvalue weighted by Gasteiger charge is -2.12. The lowest BCUT2D eigenvalue weighted by molar-refractivity contribution is 0.0953. The monoisotopic (exact) mass is 371 g/mol. The van der Waals surface area contributed by atoms with Gasteiger partial charge in [0.15, 0.2) is 0 Å². The average molecular weight is 372 g/mol. The van der Waals surface area contributed by atoms with Crippen molar-refractivity contribution in [1.82, 2.24) is 5.32 Å². The minimum absolute atomic E-state index is 0.0154. The van der Waals surface area contributed by atoms with Crippen molar-refractivity contribution in [3.8, 4) is 0 Å². The summed E-state index contributed by atoms with van der Waals surface area (Å²) >= 11 is 9.87. The first-order valence-electron chi connectivity index (χ1n) is 5.15. The van der Waals surface area contributed by atoms with Crippen LogP contribution in [0.15, 0.2) is 11.4 Å². The van der Waals surface area contributed by atoms with E-state index in [1.165, 1.54) is 0 Å². The number of amides is 1. The Morgan fingerprint density at radius 1 is 1.62 bits per heavy atom. The van der Waals surface area contributed by atoms with E-state index >= 15 is 0 Å². The van der Waals surface area contributed by atoms with Crippen molar-refractivity contribution in [3.63, 3.8) is 0 Å². The SMILES string of the molecule is CC(C)CC(Cl)CNC(=O)c1csc(I)c1. The number of hydrogen-bond acceptors (Lipinski definition) is 2. The normalized spacial score (nSPS) is 12.8. The molecule has 0 aliphatic heterocycles. The Balaban J connectivity index is 2.35. The van der Waals surface area contributed by atoms with Gasteiger partial charge in [-0.25, -0.2) is 0 Å². The van der Waals surface area contributed by atoms with E-state index in [-0.39, 0.29) is 11.3 Å². The smallest absolute Gasteiger partial charge is 0.252 e. The summed E-state index contributed by atoms with van der Waals surface area (Å²) in [5.41, 5.74) is 0.725. The fourth-order valence-electron chi connectivity index (χ4n) is 1.33. The lowest BCUT2D eigenvalue weighted by atomic mass is 10.1. The predicted molar refractivity (Wildman–Crippen MR) is 78.5 cm³/mol. The number of nitrogens with one attached hydrogen (secondary N) is 1. The van der Waals surface area contributed by atoms with Crippen LogP contribution in [-0.4, -0.2) is 17.8 Å². The third kappa shape index (κ3) is 5.01. The highest BCUT2D eigenvalue weighted by molar-refractivity contribution is 14.1. The summed E-state index contributed by atoms with van der Waals surface area (Å²) in [5, 5.41) is 4.73. The first-order valence-corrected chi connectivity index (χ1v) is 7.55. The number of rotatable bonds is 5. The Labute approximate surface area is 119 Å². The van der Waals surface area contributed by atoms with Gasteiger partial charge in [-0.3, -0.25) is 4.79 Å². The third-order valence-electron chi connectivity index (χ3n) is 2.04. The molecule has 0 aromatic carbocycles. The van der Waals surface area contributed by atoms with Gasteiger partial charge in [0.05, 0.1) is 13.8 Å². The molecule has 1 rings (SSSR count). The Hall–Kier alpha value is 0.190. The molecule has 0 aliphatic carbocycles. The van der Waals surface area contributed by atoms with Gasteiger partial charge in [0, 0.05) is 11.9 Å². The van der Waals surface area contributed by atoms with Crippen molar-refractivity contribution < 1.29 is 4.79 Å². The predicted octanol–water partition coefficient (Wildman–Crippen LogP) is 3.74. The van der Waals surface area contributed by atoms with Crippen molar-refractivity contribution >= 4 is 51.4 Å². The molecule has 0 aliphatic rings. The Morgan fingerprint density at radius 2 is 2.31 bits per heavy atom. The number of thiophene rings is 1. The molecule has 1 amide bonds. The van der Waals surface area contributed by atoms with Crippen LogP contribution in [0.2, 0.25) is 0 Å². The largest absolute Gasteiger partial charge is 0.351 e. The highest BCUT2D eigenvalue weighted by atomic mass is 127. The molecule has 16 heavy (non-hydrogen) atoms. The fourth-order valence-corrected chi connectivity index (χ4v) is 3.09. The summed E-state index contributed by atoms with van der Waals surface area (Å²) in [7, 11) is 0. The summed E-state index contributed by atoms with van der Waals surface area (Å²) < 4.78 is 1.12. The zero-order valence-electron chi connectivity index (χ0n) is 9.30. The molecule has 1 atom stereocenters. The van der Waals surface area contributed by atoms with Crippen LogP contribution in [0.25, 0.3) is 0 Å². The van der Waals surface area contributed by atoms with Gasteiger partial charge < -0.3 is 5.32 Å². The minimum atomic E-state index is -0.0337. The van der Waals surface area contributed by atoms with E-state index in [0.29, 0.717) is 12.5 Å². The zero-order chi connectivity index (χ0) is 12.1. The summed E-state index contributed by atoms with van der Waals surface area (Å²) in [6.07, 6.45) is 0.920. The van der Waals surface area contributed by atoms with E-state index < -0.39 is 0 Å². The molecule has 5 heteroatoms. The summed E-state index contributed by atoms with van der Waals surface area (Å²) in [6.45, 7) is 4.78. The number of halogens is 2. The van der Waals surface area contributed by atoms with Crippen molar-refractivity contribution in [2.45, 2.75) is 25.6 Å². The van der Waals surface area contributed by atoms with E-state index in [1.807, 2.05) is 11.4 Å². The zero-order valence-corrected chi connectivity index (χ0v) is 13.0. The van der Waals surface area contributed by atoms with Gasteiger partial charge in [0.2, 0.25) is 0 Å². The number of hydrogen-bond donors (Lipinski definition) is 1. The second kappa shape index (κ2) is 6.81. The summed E-state index contributed by atoms with van der Waals surface area (Å²) in [5.74, 6) is 0.523. The molecule has 0 saturated carbocycles. The number of alkyl halides is 1. The van der Waals surface area contributed by atoms with Gasteiger partial charge >= 0.3 is 0 Å². The van der Waals surface area contributed by atoms with Gasteiger partial charge in [-0.2, -0.15) is 0 Å². The summed E-state index contributed by atoms with van der Waals surface area (Å²) in [4.78, 5) is 11.7. The van der Waals surface area contributed by atoms with Gasteiger partial charge in [0.25, 0.3) is 5.91 Å². The fraction of sp³-hybridized carbons (Fsp3) is 0.545. The Kier molecular flexibility index (Phi) is 6.07. The molecule has 1 aromatic heterocycles. The molecule has 0 spiro atoms. The molecule has 1 unspecified atom stereocenters. The van der Waals surface area contributed by atoms with Crippen LogP contribution in [0.1, 0.15) is 30.6 Å². The molecule has 2 nitrogen and oxygen atoms in total. The molecule has 0 bridgehead atoms. The molecule has 0 radical (unpaired) electrons. The van der Waals surface area contributed by atoms with Gasteiger partial charge in [0.1, 0.15) is 0 Å². The van der Waals surface area contributed by atoms with Crippen molar-refractivity contribution in [1.29, 1.82) is 0 Å². The quantitative estimate of drug-likeness (QED) is 0.620. The van der Waals surface area contributed by atoms with Crippen molar-refractivity contribution in [2.24, 2.45) is 5.92 Å². The molecule has 1 N–H and O–H groups in total. The molecular weight excluding hydrogens is 357 g/mol. The first kappa shape index (κ1) is 14.3. The Bertz CT molecular complexity index is 354. The van der Waals surface area contributed by atoms with Crippen molar-refractivity contribution in [3.05, 3.63) is 19.9 Å². The van der Waals surface area contributed by atoms with Gasteiger partial charge in [-0.1, -0.05) is 13.8 Å². The summed E-state index contributed by atoms with van der Waals surface area (Å²) in [6, 6.07) is 1.88. The van der Waals surface area contributed by atoms with Gasteiger partial charge in [-0.05, 0) is 41.0 Å². The highest BCUT2D eigenvalue weighted by Crippen LogP contribution is 2.16. The van der Waals surface area contributed by atoms with Crippen LogP contribution in [0.5, 0.6) is 0 Å². The molecule has 90 valence electrons. The van der Waals surface area contributed by atoms with Gasteiger partial charge in [-0.15, -0.1) is 22.9 Å². The lowest BCUT2D eigenvalue weighted by Crippen LogP contribution is -2.30. The maximum Gasteiger partial charge on any atom is 0.252 e. The van der Waals surface area contributed by atoms with E-state index in [2.05, 4.69) is 41.8 Å². The topological polar surface area (TPSA) is 29.1 Å². The second-order valence-corrected chi connectivity index (χ2v) is 7.50. The molecule has 0 fully saturated rings. The van der Waals surface area contributed by atoms with Crippen LogP contribution in [0, 0.1) is 8.80 Å². The Morgan fingerprint density at radius 3 is 2.81 bits per heavy atom. The molecule has 0 saturated heterocycles. The minimum Gasteiger partial charge on any atom is -0.351 e. The van der Waals surface area contributed by atoms with E-state index in [9.17, 15) is 4.79 Å². The second-order valence-electron chi connectivity index (χ2n) is 4.08. The molecular formula is C11H15ClINOS. The van der Waals surface area contributed by atoms with Crippen molar-refractivity contribution in [2.75, 3.05) is 6.54 Å².